The van der Waals surface area contributed by atoms with Gasteiger partial charge in [0.05, 0.1) is 24.4 Å². The molecule has 0 unspecified atom stereocenters. The SMILES string of the molecule is COC(=O)c1c(C)[nH]c(C(=O)[C@H](C)Nc2cccc3ccccc23)c1C. The second-order valence-corrected chi connectivity index (χ2v) is 6.37. The van der Waals surface area contributed by atoms with E-state index in [1.54, 1.807) is 13.8 Å². The third-order valence-corrected chi connectivity index (χ3v) is 4.63. The number of benzene rings is 2. The van der Waals surface area contributed by atoms with Crippen LogP contribution in [-0.4, -0.2) is 29.9 Å². The summed E-state index contributed by atoms with van der Waals surface area (Å²) in [7, 11) is 1.33. The molecule has 1 aromatic heterocycles. The Hall–Kier alpha value is -3.08. The van der Waals surface area contributed by atoms with E-state index in [0.717, 1.165) is 16.5 Å². The summed E-state index contributed by atoms with van der Waals surface area (Å²) in [4.78, 5) is 27.9. The van der Waals surface area contributed by atoms with Gasteiger partial charge in [0.15, 0.2) is 0 Å². The first-order valence-corrected chi connectivity index (χ1v) is 8.50. The van der Waals surface area contributed by atoms with Crippen molar-refractivity contribution in [3.63, 3.8) is 0 Å². The Balaban J connectivity index is 1.90. The van der Waals surface area contributed by atoms with Gasteiger partial charge in [-0.3, -0.25) is 4.79 Å². The zero-order valence-electron chi connectivity index (χ0n) is 15.3. The molecule has 1 heterocycles. The smallest absolute Gasteiger partial charge is 0.339 e. The van der Waals surface area contributed by atoms with Crippen LogP contribution in [0, 0.1) is 13.8 Å². The molecule has 0 saturated heterocycles. The van der Waals surface area contributed by atoms with E-state index >= 15 is 0 Å². The van der Waals surface area contributed by atoms with Gasteiger partial charge in [0.1, 0.15) is 0 Å². The number of ketones is 1. The third kappa shape index (κ3) is 3.08. The molecule has 0 aliphatic heterocycles. The topological polar surface area (TPSA) is 71.2 Å². The zero-order chi connectivity index (χ0) is 18.8. The second-order valence-electron chi connectivity index (χ2n) is 6.37. The van der Waals surface area contributed by atoms with Crippen LogP contribution in [0.1, 0.15) is 39.0 Å². The van der Waals surface area contributed by atoms with E-state index in [9.17, 15) is 9.59 Å². The van der Waals surface area contributed by atoms with Crippen LogP contribution in [0.4, 0.5) is 5.69 Å². The van der Waals surface area contributed by atoms with E-state index < -0.39 is 12.0 Å². The third-order valence-electron chi connectivity index (χ3n) is 4.63. The van der Waals surface area contributed by atoms with Gasteiger partial charge in [-0.15, -0.1) is 0 Å². The van der Waals surface area contributed by atoms with Crippen LogP contribution < -0.4 is 5.32 Å². The van der Waals surface area contributed by atoms with Crippen LogP contribution in [0.5, 0.6) is 0 Å². The maximum Gasteiger partial charge on any atom is 0.339 e. The van der Waals surface area contributed by atoms with Gasteiger partial charge in [-0.05, 0) is 37.8 Å². The zero-order valence-corrected chi connectivity index (χ0v) is 15.3. The predicted octanol–water partition coefficient (Wildman–Crippen LogP) is 4.25. The largest absolute Gasteiger partial charge is 0.465 e. The number of fused-ring (bicyclic) bond motifs is 1. The number of methoxy groups -OCH3 is 1. The monoisotopic (exact) mass is 350 g/mol. The summed E-state index contributed by atoms with van der Waals surface area (Å²) in [5.41, 5.74) is 3.01. The van der Waals surface area contributed by atoms with Gasteiger partial charge < -0.3 is 15.0 Å². The van der Waals surface area contributed by atoms with Crippen molar-refractivity contribution in [1.29, 1.82) is 0 Å². The molecular weight excluding hydrogens is 328 g/mol. The average molecular weight is 350 g/mol. The molecule has 5 heteroatoms. The van der Waals surface area contributed by atoms with Crippen LogP contribution in [0.25, 0.3) is 10.8 Å². The number of hydrogen-bond donors (Lipinski definition) is 2. The van der Waals surface area contributed by atoms with Crippen molar-refractivity contribution >= 4 is 28.2 Å². The van der Waals surface area contributed by atoms with Crippen LogP contribution in [0.2, 0.25) is 0 Å². The number of carbonyl (C=O) groups excluding carboxylic acids is 2. The first kappa shape index (κ1) is 17.7. The predicted molar refractivity (Wildman–Crippen MR) is 103 cm³/mol. The number of ether oxygens (including phenoxy) is 1. The second kappa shape index (κ2) is 7.04. The van der Waals surface area contributed by atoms with Crippen LogP contribution >= 0.6 is 0 Å². The quantitative estimate of drug-likeness (QED) is 0.533. The highest BCUT2D eigenvalue weighted by Crippen LogP contribution is 2.25. The number of hydrogen-bond acceptors (Lipinski definition) is 4. The molecular formula is C21H22N2O3. The number of anilines is 1. The van der Waals surface area contributed by atoms with Gasteiger partial charge in [-0.1, -0.05) is 36.4 Å². The van der Waals surface area contributed by atoms with E-state index in [0.29, 0.717) is 22.5 Å². The first-order valence-electron chi connectivity index (χ1n) is 8.50. The minimum Gasteiger partial charge on any atom is -0.465 e. The lowest BCUT2D eigenvalue weighted by Crippen LogP contribution is -2.27. The molecule has 0 aliphatic carbocycles. The summed E-state index contributed by atoms with van der Waals surface area (Å²) in [6.45, 7) is 5.34. The van der Waals surface area contributed by atoms with Gasteiger partial charge in [-0.25, -0.2) is 4.79 Å². The van der Waals surface area contributed by atoms with E-state index in [4.69, 9.17) is 4.74 Å². The van der Waals surface area contributed by atoms with Gasteiger partial charge in [0, 0.05) is 16.8 Å². The number of H-pyrrole nitrogens is 1. The number of Topliss-reactive ketones (excluding diaryl/α,β-unsaturated/α-hetero) is 1. The van der Waals surface area contributed by atoms with Crippen molar-refractivity contribution in [2.75, 3.05) is 12.4 Å². The first-order chi connectivity index (χ1) is 12.4. The number of rotatable bonds is 5. The fraction of sp³-hybridized carbons (Fsp3) is 0.238. The molecule has 0 amide bonds. The lowest BCUT2D eigenvalue weighted by Gasteiger charge is -2.16. The minimum absolute atomic E-state index is 0.103. The fourth-order valence-corrected chi connectivity index (χ4v) is 3.27. The van der Waals surface area contributed by atoms with Gasteiger partial charge in [-0.2, -0.15) is 0 Å². The summed E-state index contributed by atoms with van der Waals surface area (Å²) in [5, 5.41) is 5.46. The van der Waals surface area contributed by atoms with Gasteiger partial charge in [0.25, 0.3) is 0 Å². The number of aromatic amines is 1. The van der Waals surface area contributed by atoms with E-state index in [2.05, 4.69) is 10.3 Å². The van der Waals surface area contributed by atoms with E-state index in [1.165, 1.54) is 7.11 Å². The molecule has 3 rings (SSSR count). The number of aryl methyl sites for hydroxylation is 1. The van der Waals surface area contributed by atoms with Crippen molar-refractivity contribution in [3.05, 3.63) is 65.0 Å². The number of aromatic nitrogens is 1. The van der Waals surface area contributed by atoms with Crippen LogP contribution in [-0.2, 0) is 4.74 Å². The summed E-state index contributed by atoms with van der Waals surface area (Å²) < 4.78 is 4.81. The molecule has 26 heavy (non-hydrogen) atoms. The van der Waals surface area contributed by atoms with Gasteiger partial charge in [0.2, 0.25) is 5.78 Å². The summed E-state index contributed by atoms with van der Waals surface area (Å²) in [6, 6.07) is 13.5. The Morgan fingerprint density at radius 3 is 2.50 bits per heavy atom. The maximum absolute atomic E-state index is 12.9. The Kier molecular flexibility index (Phi) is 4.80. The van der Waals surface area contributed by atoms with E-state index in [1.807, 2.05) is 49.4 Å². The Labute approximate surface area is 152 Å². The lowest BCUT2D eigenvalue weighted by molar-refractivity contribution is 0.0599. The average Bonchev–Trinajstić information content (AvgIpc) is 2.95. The van der Waals surface area contributed by atoms with Crippen LogP contribution in [0.15, 0.2) is 42.5 Å². The summed E-state index contributed by atoms with van der Waals surface area (Å²) in [6.07, 6.45) is 0. The fourth-order valence-electron chi connectivity index (χ4n) is 3.27. The Bertz CT molecular complexity index is 983. The Morgan fingerprint density at radius 1 is 1.08 bits per heavy atom. The standard InChI is InChI=1S/C21H22N2O3/c1-12-18(21(25)26-4)13(2)23-19(12)20(24)14(3)22-17-11-7-9-15-8-5-6-10-16(15)17/h5-11,14,22-23H,1-4H3/t14-/m0/s1. The molecule has 5 nitrogen and oxygen atoms in total. The molecule has 0 saturated carbocycles. The van der Waals surface area contributed by atoms with Crippen LogP contribution in [0.3, 0.4) is 0 Å². The molecule has 3 aromatic rings. The minimum atomic E-state index is -0.456. The normalized spacial score (nSPS) is 12.0. The highest BCUT2D eigenvalue weighted by molar-refractivity contribution is 6.05. The highest BCUT2D eigenvalue weighted by Gasteiger charge is 2.25. The molecule has 2 aromatic carbocycles. The summed E-state index contributed by atoms with van der Waals surface area (Å²) in [5.74, 6) is -0.543. The molecule has 0 aliphatic rings. The maximum atomic E-state index is 12.9. The molecule has 0 radical (unpaired) electrons. The Morgan fingerprint density at radius 2 is 1.77 bits per heavy atom. The van der Waals surface area contributed by atoms with Gasteiger partial charge >= 0.3 is 5.97 Å². The molecule has 134 valence electrons. The highest BCUT2D eigenvalue weighted by atomic mass is 16.5. The molecule has 1 atom stereocenters. The number of carbonyl (C=O) groups is 2. The molecule has 2 N–H and O–H groups in total. The van der Waals surface area contributed by atoms with Crippen molar-refractivity contribution < 1.29 is 14.3 Å². The van der Waals surface area contributed by atoms with Crippen molar-refractivity contribution in [3.8, 4) is 0 Å². The van der Waals surface area contributed by atoms with Crippen molar-refractivity contribution in [2.45, 2.75) is 26.8 Å². The number of nitrogens with one attached hydrogen (secondary N) is 2. The summed E-state index contributed by atoms with van der Waals surface area (Å²) >= 11 is 0. The van der Waals surface area contributed by atoms with E-state index in [-0.39, 0.29) is 5.78 Å². The van der Waals surface area contributed by atoms with Crippen molar-refractivity contribution in [1.82, 2.24) is 4.98 Å². The molecule has 0 fully saturated rings. The molecule has 0 spiro atoms. The molecule has 0 bridgehead atoms. The number of esters is 1. The lowest BCUT2D eigenvalue weighted by atomic mass is 10.0. The van der Waals surface area contributed by atoms with Crippen molar-refractivity contribution in [2.24, 2.45) is 0 Å².